The molecule has 1 aromatic rings. The van der Waals surface area contributed by atoms with Crippen LogP contribution in [0.3, 0.4) is 0 Å². The number of nitrogens with zero attached hydrogens (tertiary/aromatic N) is 1. The van der Waals surface area contributed by atoms with Gasteiger partial charge in [-0.05, 0) is 30.9 Å². The molecule has 1 atom stereocenters. The molecular weight excluding hydrogens is 188 g/mol. The predicted molar refractivity (Wildman–Crippen MR) is 59.5 cm³/mol. The fourth-order valence-electron chi connectivity index (χ4n) is 2.35. The monoisotopic (exact) mass is 206 g/mol. The molecule has 2 heterocycles. The number of carbonyl (C=O) groups excluding carboxylic acids is 1. The van der Waals surface area contributed by atoms with Gasteiger partial charge in [-0.1, -0.05) is 6.92 Å². The Labute approximate surface area is 90.5 Å². The van der Waals surface area contributed by atoms with E-state index in [0.717, 1.165) is 19.3 Å². The largest absolute Gasteiger partial charge is 0.357 e. The van der Waals surface area contributed by atoms with Gasteiger partial charge in [-0.25, -0.2) is 0 Å². The van der Waals surface area contributed by atoms with E-state index in [-0.39, 0.29) is 11.4 Å². The third-order valence-electron chi connectivity index (χ3n) is 3.35. The minimum absolute atomic E-state index is 0.0123. The highest BCUT2D eigenvalue weighted by atomic mass is 16.2. The first kappa shape index (κ1) is 10.3. The molecule has 2 rings (SSSR count). The van der Waals surface area contributed by atoms with E-state index < -0.39 is 0 Å². The Kier molecular flexibility index (Phi) is 2.55. The summed E-state index contributed by atoms with van der Waals surface area (Å²) in [6.07, 6.45) is 7.79. The lowest BCUT2D eigenvalue weighted by atomic mass is 9.88. The van der Waals surface area contributed by atoms with Crippen LogP contribution in [0.2, 0.25) is 0 Å². The highest BCUT2D eigenvalue weighted by molar-refractivity contribution is 5.79. The minimum Gasteiger partial charge on any atom is -0.357 e. The molecule has 3 nitrogen and oxygen atoms in total. The maximum Gasteiger partial charge on any atom is 0.220 e. The zero-order chi connectivity index (χ0) is 10.9. The second-order valence-electron chi connectivity index (χ2n) is 4.54. The van der Waals surface area contributed by atoms with Gasteiger partial charge in [0.15, 0.2) is 0 Å². The van der Waals surface area contributed by atoms with Gasteiger partial charge < -0.3 is 9.88 Å². The van der Waals surface area contributed by atoms with E-state index >= 15 is 0 Å². The van der Waals surface area contributed by atoms with E-state index in [1.165, 1.54) is 5.56 Å². The van der Waals surface area contributed by atoms with Gasteiger partial charge in [0.1, 0.15) is 0 Å². The van der Waals surface area contributed by atoms with Crippen molar-refractivity contribution in [1.29, 1.82) is 0 Å². The van der Waals surface area contributed by atoms with Crippen LogP contribution in [0.4, 0.5) is 0 Å². The van der Waals surface area contributed by atoms with Gasteiger partial charge in [0.25, 0.3) is 0 Å². The lowest BCUT2D eigenvalue weighted by molar-refractivity contribution is -0.119. The van der Waals surface area contributed by atoms with Gasteiger partial charge >= 0.3 is 0 Å². The Morgan fingerprint density at radius 3 is 2.87 bits per heavy atom. The number of hydrogen-bond donors (Lipinski definition) is 1. The maximum absolute atomic E-state index is 11.3. The van der Waals surface area contributed by atoms with Crippen LogP contribution in [0.15, 0.2) is 18.5 Å². The van der Waals surface area contributed by atoms with Gasteiger partial charge in [-0.2, -0.15) is 0 Å². The van der Waals surface area contributed by atoms with Crippen molar-refractivity contribution in [1.82, 2.24) is 9.88 Å². The molecule has 1 saturated heterocycles. The van der Waals surface area contributed by atoms with Crippen molar-refractivity contribution in [2.45, 2.75) is 38.1 Å². The average Bonchev–Trinajstić information content (AvgIpc) is 2.75. The van der Waals surface area contributed by atoms with Gasteiger partial charge in [0.05, 0.1) is 0 Å². The second kappa shape index (κ2) is 3.72. The Morgan fingerprint density at radius 1 is 1.60 bits per heavy atom. The molecule has 0 aromatic carbocycles. The van der Waals surface area contributed by atoms with Crippen LogP contribution in [0.25, 0.3) is 0 Å². The number of hydrogen-bond acceptors (Lipinski definition) is 1. The van der Waals surface area contributed by atoms with Crippen molar-refractivity contribution < 1.29 is 4.79 Å². The first-order valence-corrected chi connectivity index (χ1v) is 5.55. The van der Waals surface area contributed by atoms with Crippen LogP contribution in [-0.4, -0.2) is 16.0 Å². The van der Waals surface area contributed by atoms with E-state index in [1.54, 1.807) is 0 Å². The zero-order valence-electron chi connectivity index (χ0n) is 9.42. The molecule has 0 spiro atoms. The van der Waals surface area contributed by atoms with Gasteiger partial charge in [-0.3, -0.25) is 4.79 Å². The van der Waals surface area contributed by atoms with Crippen LogP contribution in [0, 0.1) is 0 Å². The summed E-state index contributed by atoms with van der Waals surface area (Å²) in [6.45, 7) is 2.15. The molecule has 1 aromatic heterocycles. The molecule has 1 aliphatic heterocycles. The fourth-order valence-corrected chi connectivity index (χ4v) is 2.35. The van der Waals surface area contributed by atoms with Gasteiger partial charge in [-0.15, -0.1) is 0 Å². The molecule has 1 fully saturated rings. The molecule has 0 radical (unpaired) electrons. The number of aromatic nitrogens is 1. The molecule has 1 N–H and O–H groups in total. The number of aryl methyl sites for hydroxylation is 1. The molecule has 15 heavy (non-hydrogen) atoms. The summed E-state index contributed by atoms with van der Waals surface area (Å²) in [5.41, 5.74) is 1.32. The van der Waals surface area contributed by atoms with Crippen molar-refractivity contribution in [2.75, 3.05) is 0 Å². The van der Waals surface area contributed by atoms with Crippen molar-refractivity contribution in [3.63, 3.8) is 0 Å². The van der Waals surface area contributed by atoms with Gasteiger partial charge in [0.2, 0.25) is 5.91 Å². The van der Waals surface area contributed by atoms with Crippen LogP contribution in [0.5, 0.6) is 0 Å². The molecule has 1 unspecified atom stereocenters. The molecule has 0 bridgehead atoms. The summed E-state index contributed by atoms with van der Waals surface area (Å²) in [5.74, 6) is 0.202. The SMILES string of the molecule is CCC1(Cc2ccn(C)c2)CCC(=O)N1. The molecule has 1 aliphatic rings. The second-order valence-corrected chi connectivity index (χ2v) is 4.54. The van der Waals surface area contributed by atoms with Crippen molar-refractivity contribution >= 4 is 5.91 Å². The van der Waals surface area contributed by atoms with E-state index in [1.807, 2.05) is 7.05 Å². The number of amides is 1. The summed E-state index contributed by atoms with van der Waals surface area (Å²) in [6, 6.07) is 2.13. The zero-order valence-corrected chi connectivity index (χ0v) is 9.42. The standard InChI is InChI=1S/C12H18N2O/c1-3-12(6-4-11(15)13-12)8-10-5-7-14(2)9-10/h5,7,9H,3-4,6,8H2,1-2H3,(H,13,15). The van der Waals surface area contributed by atoms with E-state index in [9.17, 15) is 4.79 Å². The Hall–Kier alpha value is -1.25. The number of carbonyl (C=O) groups is 1. The first-order chi connectivity index (χ1) is 7.13. The summed E-state index contributed by atoms with van der Waals surface area (Å²) < 4.78 is 2.05. The molecular formula is C12H18N2O. The molecule has 0 saturated carbocycles. The summed E-state index contributed by atoms with van der Waals surface area (Å²) in [5, 5.41) is 3.13. The van der Waals surface area contributed by atoms with Crippen molar-refractivity contribution in [3.8, 4) is 0 Å². The van der Waals surface area contributed by atoms with E-state index in [4.69, 9.17) is 0 Å². The summed E-state index contributed by atoms with van der Waals surface area (Å²) >= 11 is 0. The average molecular weight is 206 g/mol. The molecule has 1 amide bonds. The lowest BCUT2D eigenvalue weighted by Crippen LogP contribution is -2.42. The summed E-state index contributed by atoms with van der Waals surface area (Å²) in [7, 11) is 2.02. The van der Waals surface area contributed by atoms with Crippen LogP contribution < -0.4 is 5.32 Å². The van der Waals surface area contributed by atoms with Crippen molar-refractivity contribution in [2.24, 2.45) is 7.05 Å². The summed E-state index contributed by atoms with van der Waals surface area (Å²) in [4.78, 5) is 11.3. The van der Waals surface area contributed by atoms with Crippen molar-refractivity contribution in [3.05, 3.63) is 24.0 Å². The maximum atomic E-state index is 11.3. The Bertz CT molecular complexity index is 369. The quantitative estimate of drug-likeness (QED) is 0.801. The lowest BCUT2D eigenvalue weighted by Gasteiger charge is -2.27. The van der Waals surface area contributed by atoms with E-state index in [0.29, 0.717) is 6.42 Å². The minimum atomic E-state index is 0.0123. The smallest absolute Gasteiger partial charge is 0.220 e. The fraction of sp³-hybridized carbons (Fsp3) is 0.583. The Morgan fingerprint density at radius 2 is 2.40 bits per heavy atom. The first-order valence-electron chi connectivity index (χ1n) is 5.55. The van der Waals surface area contributed by atoms with Crippen LogP contribution >= 0.6 is 0 Å². The third-order valence-corrected chi connectivity index (χ3v) is 3.35. The van der Waals surface area contributed by atoms with Crippen LogP contribution in [0.1, 0.15) is 31.7 Å². The highest BCUT2D eigenvalue weighted by Crippen LogP contribution is 2.27. The molecule has 3 heteroatoms. The van der Waals surface area contributed by atoms with E-state index in [2.05, 4.69) is 35.3 Å². The predicted octanol–water partition coefficient (Wildman–Crippen LogP) is 1.63. The Balaban J connectivity index is 2.11. The molecule has 0 aliphatic carbocycles. The normalized spacial score (nSPS) is 25.6. The number of nitrogens with one attached hydrogen (secondary N) is 1. The highest BCUT2D eigenvalue weighted by Gasteiger charge is 2.35. The van der Waals surface area contributed by atoms with Gasteiger partial charge in [0, 0.05) is 31.4 Å². The van der Waals surface area contributed by atoms with Crippen LogP contribution in [-0.2, 0) is 18.3 Å². The molecule has 82 valence electrons. The number of rotatable bonds is 3. The third kappa shape index (κ3) is 2.06. The topological polar surface area (TPSA) is 34.0 Å².